The van der Waals surface area contributed by atoms with Crippen molar-refractivity contribution < 1.29 is 9.59 Å². The van der Waals surface area contributed by atoms with Crippen molar-refractivity contribution in [1.29, 1.82) is 0 Å². The lowest BCUT2D eigenvalue weighted by molar-refractivity contribution is -0.124. The van der Waals surface area contributed by atoms with Gasteiger partial charge < -0.3 is 0 Å². The van der Waals surface area contributed by atoms with Crippen molar-refractivity contribution >= 4 is 17.8 Å². The van der Waals surface area contributed by atoms with Crippen molar-refractivity contribution in [3.05, 3.63) is 18.5 Å². The molecule has 1 aromatic rings. The molecule has 5 heteroatoms. The van der Waals surface area contributed by atoms with Crippen molar-refractivity contribution in [1.82, 2.24) is 9.97 Å². The van der Waals surface area contributed by atoms with Gasteiger partial charge in [-0.25, -0.2) is 14.9 Å². The molecule has 1 aromatic heterocycles. The van der Waals surface area contributed by atoms with Gasteiger partial charge in [0.1, 0.15) is 0 Å². The second kappa shape index (κ2) is 3.75. The molecule has 1 heterocycles. The first-order chi connectivity index (χ1) is 6.13. The second-order valence-corrected chi connectivity index (χ2v) is 2.42. The monoisotopic (exact) mass is 179 g/mol. The van der Waals surface area contributed by atoms with Crippen LogP contribution in [0.1, 0.15) is 13.8 Å². The third-order valence-electron chi connectivity index (χ3n) is 1.38. The number of nitrogens with zero attached hydrogens (tertiary/aromatic N) is 3. The van der Waals surface area contributed by atoms with Crippen LogP contribution in [0, 0.1) is 0 Å². The number of amides is 2. The third-order valence-corrected chi connectivity index (χ3v) is 1.38. The molecule has 0 atom stereocenters. The normalized spacial score (nSPS) is 9.38. The van der Waals surface area contributed by atoms with Gasteiger partial charge >= 0.3 is 0 Å². The summed E-state index contributed by atoms with van der Waals surface area (Å²) in [5.41, 5.74) is 0. The van der Waals surface area contributed by atoms with Crippen LogP contribution in [-0.2, 0) is 9.59 Å². The van der Waals surface area contributed by atoms with Crippen LogP contribution in [0.2, 0.25) is 0 Å². The minimum Gasteiger partial charge on any atom is -0.274 e. The van der Waals surface area contributed by atoms with Crippen LogP contribution in [-0.4, -0.2) is 21.8 Å². The number of carbonyl (C=O) groups is 2. The number of anilines is 1. The Kier molecular flexibility index (Phi) is 2.69. The highest BCUT2D eigenvalue weighted by Crippen LogP contribution is 2.04. The van der Waals surface area contributed by atoms with Crippen LogP contribution in [0.15, 0.2) is 18.5 Å². The fourth-order valence-corrected chi connectivity index (χ4v) is 0.910. The maximum atomic E-state index is 11.0. The molecular formula is C8H9N3O2. The first kappa shape index (κ1) is 9.31. The Labute approximate surface area is 75.4 Å². The second-order valence-electron chi connectivity index (χ2n) is 2.42. The number of rotatable bonds is 1. The smallest absolute Gasteiger partial charge is 0.239 e. The molecule has 0 saturated heterocycles. The molecule has 0 N–H and O–H groups in total. The Morgan fingerprint density at radius 3 is 2.00 bits per heavy atom. The molecule has 0 saturated carbocycles. The molecule has 0 unspecified atom stereocenters. The van der Waals surface area contributed by atoms with E-state index in [9.17, 15) is 9.59 Å². The topological polar surface area (TPSA) is 63.2 Å². The van der Waals surface area contributed by atoms with Crippen molar-refractivity contribution in [3.8, 4) is 0 Å². The van der Waals surface area contributed by atoms with E-state index in [1.165, 1.54) is 26.2 Å². The molecule has 0 bridgehead atoms. The number of imide groups is 1. The van der Waals surface area contributed by atoms with Gasteiger partial charge in [-0.2, -0.15) is 0 Å². The summed E-state index contributed by atoms with van der Waals surface area (Å²) in [5, 5.41) is 0. The van der Waals surface area contributed by atoms with Gasteiger partial charge in [-0.15, -0.1) is 0 Å². The summed E-state index contributed by atoms with van der Waals surface area (Å²) in [6, 6.07) is 1.61. The number of carbonyl (C=O) groups excluding carboxylic acids is 2. The predicted molar refractivity (Wildman–Crippen MR) is 45.9 cm³/mol. The Morgan fingerprint density at radius 2 is 1.62 bits per heavy atom. The van der Waals surface area contributed by atoms with Crippen LogP contribution in [0.5, 0.6) is 0 Å². The molecule has 5 nitrogen and oxygen atoms in total. The van der Waals surface area contributed by atoms with Gasteiger partial charge in [-0.05, 0) is 6.07 Å². The molecule has 2 amide bonds. The SMILES string of the molecule is CC(=O)N(C(C)=O)c1ncccn1. The molecule has 0 aliphatic carbocycles. The van der Waals surface area contributed by atoms with Crippen molar-refractivity contribution in [2.24, 2.45) is 0 Å². The molecular weight excluding hydrogens is 170 g/mol. The highest BCUT2D eigenvalue weighted by atomic mass is 16.2. The van der Waals surface area contributed by atoms with E-state index in [0.29, 0.717) is 0 Å². The summed E-state index contributed by atoms with van der Waals surface area (Å²) in [6.45, 7) is 2.58. The quantitative estimate of drug-likeness (QED) is 0.625. The first-order valence-corrected chi connectivity index (χ1v) is 3.71. The van der Waals surface area contributed by atoms with E-state index < -0.39 is 11.8 Å². The summed E-state index contributed by atoms with van der Waals surface area (Å²) < 4.78 is 0. The Morgan fingerprint density at radius 1 is 1.15 bits per heavy atom. The third kappa shape index (κ3) is 2.08. The minimum atomic E-state index is -0.390. The summed E-state index contributed by atoms with van der Waals surface area (Å²) in [7, 11) is 0. The van der Waals surface area contributed by atoms with Gasteiger partial charge in [0.15, 0.2) is 0 Å². The molecule has 0 aromatic carbocycles. The maximum Gasteiger partial charge on any atom is 0.239 e. The molecule has 68 valence electrons. The Bertz CT molecular complexity index is 309. The predicted octanol–water partition coefficient (Wildman–Crippen LogP) is 0.376. The molecule has 0 spiro atoms. The van der Waals surface area contributed by atoms with Crippen LogP contribution < -0.4 is 4.90 Å². The summed E-state index contributed by atoms with van der Waals surface area (Å²) >= 11 is 0. The molecule has 0 aliphatic rings. The maximum absolute atomic E-state index is 11.0. The average molecular weight is 179 g/mol. The van der Waals surface area contributed by atoms with Crippen LogP contribution in [0.3, 0.4) is 0 Å². The van der Waals surface area contributed by atoms with Gasteiger partial charge in [-0.3, -0.25) is 9.59 Å². The van der Waals surface area contributed by atoms with E-state index in [-0.39, 0.29) is 5.95 Å². The van der Waals surface area contributed by atoms with Crippen molar-refractivity contribution in [2.45, 2.75) is 13.8 Å². The summed E-state index contributed by atoms with van der Waals surface area (Å²) in [6.07, 6.45) is 2.95. The van der Waals surface area contributed by atoms with Crippen molar-refractivity contribution in [2.75, 3.05) is 4.90 Å². The van der Waals surface area contributed by atoms with Gasteiger partial charge in [0.05, 0.1) is 0 Å². The number of aromatic nitrogens is 2. The zero-order valence-corrected chi connectivity index (χ0v) is 7.39. The van der Waals surface area contributed by atoms with E-state index in [0.717, 1.165) is 4.90 Å². The lowest BCUT2D eigenvalue weighted by Gasteiger charge is -2.13. The minimum absolute atomic E-state index is 0.113. The fourth-order valence-electron chi connectivity index (χ4n) is 0.910. The zero-order chi connectivity index (χ0) is 9.84. The van der Waals surface area contributed by atoms with Crippen LogP contribution >= 0.6 is 0 Å². The number of hydrogen-bond donors (Lipinski definition) is 0. The Hall–Kier alpha value is -1.78. The molecule has 1 rings (SSSR count). The average Bonchev–Trinajstić information content (AvgIpc) is 2.04. The number of hydrogen-bond acceptors (Lipinski definition) is 4. The Balaban J connectivity index is 3.03. The molecule has 0 fully saturated rings. The van der Waals surface area contributed by atoms with Gasteiger partial charge in [0.25, 0.3) is 0 Å². The van der Waals surface area contributed by atoms with E-state index in [1.807, 2.05) is 0 Å². The highest BCUT2D eigenvalue weighted by molar-refractivity contribution is 6.11. The highest BCUT2D eigenvalue weighted by Gasteiger charge is 2.17. The van der Waals surface area contributed by atoms with Gasteiger partial charge in [-0.1, -0.05) is 0 Å². The van der Waals surface area contributed by atoms with Crippen LogP contribution in [0.25, 0.3) is 0 Å². The molecule has 0 aliphatic heterocycles. The van der Waals surface area contributed by atoms with Crippen LogP contribution in [0.4, 0.5) is 5.95 Å². The standard InChI is InChI=1S/C8H9N3O2/c1-6(12)11(7(2)13)8-9-4-3-5-10-8/h3-5H,1-2H3. The van der Waals surface area contributed by atoms with E-state index in [2.05, 4.69) is 9.97 Å². The summed E-state index contributed by atoms with van der Waals surface area (Å²) in [5.74, 6) is -0.667. The van der Waals surface area contributed by atoms with Gasteiger partial charge in [0, 0.05) is 26.2 Å². The lowest BCUT2D eigenvalue weighted by atomic mass is 10.5. The van der Waals surface area contributed by atoms with Gasteiger partial charge in [0.2, 0.25) is 17.8 Å². The fraction of sp³-hybridized carbons (Fsp3) is 0.250. The first-order valence-electron chi connectivity index (χ1n) is 3.71. The zero-order valence-electron chi connectivity index (χ0n) is 7.39. The molecule has 13 heavy (non-hydrogen) atoms. The molecule has 0 radical (unpaired) electrons. The van der Waals surface area contributed by atoms with E-state index >= 15 is 0 Å². The lowest BCUT2D eigenvalue weighted by Crippen LogP contribution is -2.34. The largest absolute Gasteiger partial charge is 0.274 e. The summed E-state index contributed by atoms with van der Waals surface area (Å²) in [4.78, 5) is 30.5. The van der Waals surface area contributed by atoms with E-state index in [4.69, 9.17) is 0 Å². The van der Waals surface area contributed by atoms with E-state index in [1.54, 1.807) is 6.07 Å². The van der Waals surface area contributed by atoms with Crippen molar-refractivity contribution in [3.63, 3.8) is 0 Å².